The van der Waals surface area contributed by atoms with E-state index >= 15 is 0 Å². The first-order valence-electron chi connectivity index (χ1n) is 6.90. The number of rotatable bonds is 9. The van der Waals surface area contributed by atoms with Crippen LogP contribution in [0.25, 0.3) is 0 Å². The van der Waals surface area contributed by atoms with Crippen molar-refractivity contribution < 1.29 is 10.1 Å². The fourth-order valence-electron chi connectivity index (χ4n) is 1.87. The lowest BCUT2D eigenvalue weighted by molar-refractivity contribution is -0.671. The van der Waals surface area contributed by atoms with Gasteiger partial charge < -0.3 is 10.1 Å². The molecule has 0 aromatic heterocycles. The van der Waals surface area contributed by atoms with Crippen LogP contribution >= 0.6 is 0 Å². The Morgan fingerprint density at radius 2 is 1.76 bits per heavy atom. The van der Waals surface area contributed by atoms with Crippen molar-refractivity contribution in [2.75, 3.05) is 13.2 Å². The van der Waals surface area contributed by atoms with Gasteiger partial charge in [0.15, 0.2) is 0 Å². The van der Waals surface area contributed by atoms with Crippen LogP contribution in [0.1, 0.15) is 45.1 Å². The first-order valence-corrected chi connectivity index (χ1v) is 6.90. The van der Waals surface area contributed by atoms with Crippen LogP contribution in [0.5, 0.6) is 5.75 Å². The number of hydrogen-bond acceptors (Lipinski definition) is 1. The second kappa shape index (κ2) is 9.06. The summed E-state index contributed by atoms with van der Waals surface area (Å²) >= 11 is 0. The van der Waals surface area contributed by atoms with E-state index in [4.69, 9.17) is 4.74 Å². The molecule has 0 aliphatic heterocycles. The lowest BCUT2D eigenvalue weighted by Gasteiger charge is -2.04. The van der Waals surface area contributed by atoms with Crippen LogP contribution < -0.4 is 10.1 Å². The maximum atomic E-state index is 5.42. The summed E-state index contributed by atoms with van der Waals surface area (Å²) in [6.45, 7) is 7.33. The highest BCUT2D eigenvalue weighted by Gasteiger charge is 1.97. The largest absolute Gasteiger partial charge is 0.494 e. The zero-order chi connectivity index (χ0) is 12.3. The van der Waals surface area contributed by atoms with Crippen molar-refractivity contribution in [1.29, 1.82) is 0 Å². The molecule has 0 atom stereocenters. The van der Waals surface area contributed by atoms with E-state index in [1.165, 1.54) is 37.8 Å². The summed E-state index contributed by atoms with van der Waals surface area (Å²) in [6.07, 6.45) is 5.40. The lowest BCUT2D eigenvalue weighted by Crippen LogP contribution is -2.82. The molecule has 1 aromatic carbocycles. The van der Waals surface area contributed by atoms with Crippen LogP contribution in [0, 0.1) is 0 Å². The van der Waals surface area contributed by atoms with Gasteiger partial charge in [-0.2, -0.15) is 0 Å². The van der Waals surface area contributed by atoms with Crippen LogP contribution in [-0.4, -0.2) is 13.2 Å². The third kappa shape index (κ3) is 6.32. The van der Waals surface area contributed by atoms with Gasteiger partial charge in [-0.15, -0.1) is 0 Å². The minimum atomic E-state index is 0.739. The van der Waals surface area contributed by atoms with Gasteiger partial charge in [0.05, 0.1) is 13.2 Å². The molecule has 0 bridgehead atoms. The van der Waals surface area contributed by atoms with Crippen molar-refractivity contribution >= 4 is 0 Å². The van der Waals surface area contributed by atoms with Gasteiger partial charge in [0.25, 0.3) is 0 Å². The van der Waals surface area contributed by atoms with E-state index < -0.39 is 0 Å². The van der Waals surface area contributed by atoms with E-state index in [1.807, 2.05) is 6.92 Å². The number of nitrogens with two attached hydrogens (primary N) is 1. The zero-order valence-electron chi connectivity index (χ0n) is 11.2. The molecular formula is C15H26NO+. The Bertz CT molecular complexity index is 281. The van der Waals surface area contributed by atoms with E-state index in [9.17, 15) is 0 Å². The van der Waals surface area contributed by atoms with E-state index in [0.717, 1.165) is 18.9 Å². The van der Waals surface area contributed by atoms with Gasteiger partial charge in [0.1, 0.15) is 12.3 Å². The molecule has 96 valence electrons. The maximum Gasteiger partial charge on any atom is 0.119 e. The summed E-state index contributed by atoms with van der Waals surface area (Å²) in [5, 5.41) is 2.39. The quantitative estimate of drug-likeness (QED) is 0.655. The SMILES string of the molecule is CCCCCC[NH2+]Cc1ccc(OCC)cc1. The van der Waals surface area contributed by atoms with Crippen LogP contribution in [0.4, 0.5) is 0 Å². The van der Waals surface area contributed by atoms with E-state index in [-0.39, 0.29) is 0 Å². The molecule has 0 saturated carbocycles. The second-order valence-corrected chi connectivity index (χ2v) is 4.42. The molecule has 2 heteroatoms. The highest BCUT2D eigenvalue weighted by molar-refractivity contribution is 5.26. The molecule has 0 spiro atoms. The Morgan fingerprint density at radius 1 is 1.00 bits per heavy atom. The number of benzene rings is 1. The van der Waals surface area contributed by atoms with Gasteiger partial charge in [-0.05, 0) is 44.0 Å². The summed E-state index contributed by atoms with van der Waals surface area (Å²) in [5.74, 6) is 0.971. The van der Waals surface area contributed by atoms with Crippen molar-refractivity contribution in [1.82, 2.24) is 0 Å². The van der Waals surface area contributed by atoms with Crippen molar-refractivity contribution in [2.24, 2.45) is 0 Å². The molecule has 17 heavy (non-hydrogen) atoms. The monoisotopic (exact) mass is 236 g/mol. The Kier molecular flexibility index (Phi) is 7.48. The Balaban J connectivity index is 2.14. The lowest BCUT2D eigenvalue weighted by atomic mass is 10.2. The fourth-order valence-corrected chi connectivity index (χ4v) is 1.87. The van der Waals surface area contributed by atoms with Crippen molar-refractivity contribution in [3.63, 3.8) is 0 Å². The van der Waals surface area contributed by atoms with Crippen molar-refractivity contribution in [3.8, 4) is 5.75 Å². The van der Waals surface area contributed by atoms with Crippen molar-refractivity contribution in [2.45, 2.75) is 46.1 Å². The molecule has 0 unspecified atom stereocenters. The summed E-state index contributed by atoms with van der Waals surface area (Å²) in [5.41, 5.74) is 1.38. The number of ether oxygens (including phenoxy) is 1. The molecule has 1 rings (SSSR count). The van der Waals surface area contributed by atoms with Crippen LogP contribution in [0.2, 0.25) is 0 Å². The highest BCUT2D eigenvalue weighted by atomic mass is 16.5. The third-order valence-electron chi connectivity index (χ3n) is 2.88. The van der Waals surface area contributed by atoms with Crippen LogP contribution in [0.15, 0.2) is 24.3 Å². The predicted molar refractivity (Wildman–Crippen MR) is 72.2 cm³/mol. The molecule has 0 fully saturated rings. The highest BCUT2D eigenvalue weighted by Crippen LogP contribution is 2.11. The minimum absolute atomic E-state index is 0.739. The fraction of sp³-hybridized carbons (Fsp3) is 0.600. The average Bonchev–Trinajstić information content (AvgIpc) is 2.36. The number of quaternary nitrogens is 1. The molecule has 1 aromatic rings. The third-order valence-corrected chi connectivity index (χ3v) is 2.88. The van der Waals surface area contributed by atoms with E-state index in [2.05, 4.69) is 36.5 Å². The first kappa shape index (κ1) is 14.0. The zero-order valence-corrected chi connectivity index (χ0v) is 11.2. The van der Waals surface area contributed by atoms with Gasteiger partial charge in [-0.3, -0.25) is 0 Å². The summed E-state index contributed by atoms with van der Waals surface area (Å²) in [6, 6.07) is 8.44. The Labute approximate surface area is 105 Å². The molecule has 0 aliphatic rings. The number of unbranched alkanes of at least 4 members (excludes halogenated alkanes) is 3. The molecular weight excluding hydrogens is 210 g/mol. The van der Waals surface area contributed by atoms with E-state index in [0.29, 0.717) is 0 Å². The maximum absolute atomic E-state index is 5.42. The molecule has 0 radical (unpaired) electrons. The topological polar surface area (TPSA) is 25.8 Å². The molecule has 2 N–H and O–H groups in total. The average molecular weight is 236 g/mol. The second-order valence-electron chi connectivity index (χ2n) is 4.42. The summed E-state index contributed by atoms with van der Waals surface area (Å²) in [7, 11) is 0. The summed E-state index contributed by atoms with van der Waals surface area (Å²) < 4.78 is 5.42. The Morgan fingerprint density at radius 3 is 2.41 bits per heavy atom. The minimum Gasteiger partial charge on any atom is -0.494 e. The molecule has 0 saturated heterocycles. The van der Waals surface area contributed by atoms with E-state index in [1.54, 1.807) is 0 Å². The van der Waals surface area contributed by atoms with Crippen LogP contribution in [-0.2, 0) is 6.54 Å². The molecule has 0 heterocycles. The van der Waals surface area contributed by atoms with Gasteiger partial charge in [0.2, 0.25) is 0 Å². The molecule has 2 nitrogen and oxygen atoms in total. The van der Waals surface area contributed by atoms with Gasteiger partial charge >= 0.3 is 0 Å². The normalized spacial score (nSPS) is 10.5. The van der Waals surface area contributed by atoms with Gasteiger partial charge in [-0.1, -0.05) is 19.8 Å². The van der Waals surface area contributed by atoms with Crippen LogP contribution in [0.3, 0.4) is 0 Å². The van der Waals surface area contributed by atoms with Crippen molar-refractivity contribution in [3.05, 3.63) is 29.8 Å². The smallest absolute Gasteiger partial charge is 0.119 e. The molecule has 0 aliphatic carbocycles. The predicted octanol–water partition coefficient (Wildman–Crippen LogP) is 2.73. The van der Waals surface area contributed by atoms with Gasteiger partial charge in [-0.25, -0.2) is 0 Å². The van der Waals surface area contributed by atoms with Gasteiger partial charge in [0, 0.05) is 5.56 Å². The standard InChI is InChI=1S/C15H25NO/c1-3-5-6-7-12-16-13-14-8-10-15(11-9-14)17-4-2/h8-11,16H,3-7,12-13H2,1-2H3/p+1. The first-order chi connectivity index (χ1) is 8.36. The Hall–Kier alpha value is -1.02. The summed E-state index contributed by atoms with van der Waals surface area (Å²) in [4.78, 5) is 0. The molecule has 0 amide bonds. The number of hydrogen-bond donors (Lipinski definition) is 1.